The molecule has 0 aromatic heterocycles. The van der Waals surface area contributed by atoms with Crippen molar-refractivity contribution in [3.63, 3.8) is 0 Å². The van der Waals surface area contributed by atoms with E-state index in [1.54, 1.807) is 6.92 Å². The molecule has 3 heteroatoms. The summed E-state index contributed by atoms with van der Waals surface area (Å²) in [6.45, 7) is 7.51. The highest BCUT2D eigenvalue weighted by molar-refractivity contribution is 5.75. The molecule has 4 rings (SSSR count). The predicted octanol–water partition coefficient (Wildman–Crippen LogP) is 5.39. The lowest BCUT2D eigenvalue weighted by molar-refractivity contribution is -0.138. The number of rotatable bonds is 5. The number of benzene rings is 2. The number of carboxylic acid groups (broad SMARTS) is 1. The van der Waals surface area contributed by atoms with Gasteiger partial charge in [-0.1, -0.05) is 43.9 Å². The van der Waals surface area contributed by atoms with E-state index in [2.05, 4.69) is 49.2 Å². The molecule has 30 heavy (non-hydrogen) atoms. The Morgan fingerprint density at radius 3 is 2.43 bits per heavy atom. The van der Waals surface area contributed by atoms with Crippen LogP contribution in [0.2, 0.25) is 0 Å². The van der Waals surface area contributed by atoms with Crippen LogP contribution in [0.5, 0.6) is 0 Å². The van der Waals surface area contributed by atoms with Gasteiger partial charge in [0, 0.05) is 17.2 Å². The van der Waals surface area contributed by atoms with Gasteiger partial charge in [0.2, 0.25) is 0 Å². The first-order valence-electron chi connectivity index (χ1n) is 11.1. The van der Waals surface area contributed by atoms with Crippen molar-refractivity contribution in [2.24, 2.45) is 5.92 Å². The first-order valence-corrected chi connectivity index (χ1v) is 11.1. The number of fused-ring (bicyclic) bond motifs is 1. The summed E-state index contributed by atoms with van der Waals surface area (Å²) >= 11 is 0. The van der Waals surface area contributed by atoms with Gasteiger partial charge in [-0.2, -0.15) is 0 Å². The molecule has 0 radical (unpaired) electrons. The van der Waals surface area contributed by atoms with Crippen molar-refractivity contribution in [1.29, 1.82) is 0 Å². The van der Waals surface area contributed by atoms with E-state index in [-0.39, 0.29) is 5.41 Å². The molecule has 2 aromatic rings. The minimum atomic E-state index is -0.810. The Hall–Kier alpha value is -2.57. The maximum atomic E-state index is 11.1. The van der Waals surface area contributed by atoms with E-state index in [0.717, 1.165) is 29.2 Å². The Morgan fingerprint density at radius 2 is 1.77 bits per heavy atom. The number of carbonyl (C=O) groups is 1. The van der Waals surface area contributed by atoms with Gasteiger partial charge >= 0.3 is 5.97 Å². The highest BCUT2D eigenvalue weighted by atomic mass is 16.4. The van der Waals surface area contributed by atoms with Gasteiger partial charge in [-0.15, -0.1) is 0 Å². The predicted molar refractivity (Wildman–Crippen MR) is 121 cm³/mol. The molecule has 0 saturated heterocycles. The number of nitrogens with one attached hydrogen (secondary N) is 1. The second kappa shape index (κ2) is 8.28. The summed E-state index contributed by atoms with van der Waals surface area (Å²) in [6, 6.07) is 14.7. The summed E-state index contributed by atoms with van der Waals surface area (Å²) < 4.78 is 0. The Bertz CT molecular complexity index is 990. The summed E-state index contributed by atoms with van der Waals surface area (Å²) in [5.41, 5.74) is 5.75. The van der Waals surface area contributed by atoms with E-state index in [1.165, 1.54) is 36.8 Å². The average molecular weight is 402 g/mol. The Labute approximate surface area is 179 Å². The van der Waals surface area contributed by atoms with Crippen molar-refractivity contribution >= 4 is 5.97 Å². The topological polar surface area (TPSA) is 49.3 Å². The third-order valence-corrected chi connectivity index (χ3v) is 6.70. The fourth-order valence-corrected chi connectivity index (χ4v) is 4.30. The molecule has 0 aliphatic heterocycles. The molecule has 2 aliphatic rings. The van der Waals surface area contributed by atoms with Gasteiger partial charge in [-0.25, -0.2) is 0 Å². The Kier molecular flexibility index (Phi) is 5.71. The standard InChI is InChI=1S/C27H31NO2/c1-18(26(29)30)22-11-8-19(9-12-22)4-5-20-10-13-23-24(16-20)27(2,3)15-14-25(23)28-17-21-6-7-21/h8-13,16,18,21,25,28H,6-7,14-15,17H2,1-3H3,(H,29,30). The minimum absolute atomic E-state index is 0.166. The van der Waals surface area contributed by atoms with Crippen LogP contribution in [0, 0.1) is 17.8 Å². The van der Waals surface area contributed by atoms with E-state index < -0.39 is 11.9 Å². The molecular formula is C27H31NO2. The molecule has 1 saturated carbocycles. The van der Waals surface area contributed by atoms with Crippen LogP contribution in [-0.2, 0) is 10.2 Å². The molecule has 3 nitrogen and oxygen atoms in total. The zero-order valence-electron chi connectivity index (χ0n) is 18.2. The number of hydrogen-bond donors (Lipinski definition) is 2. The molecule has 0 spiro atoms. The van der Waals surface area contributed by atoms with Crippen molar-refractivity contribution in [3.8, 4) is 11.8 Å². The quantitative estimate of drug-likeness (QED) is 0.661. The minimum Gasteiger partial charge on any atom is -0.481 e. The van der Waals surface area contributed by atoms with E-state index in [1.807, 2.05) is 24.3 Å². The summed E-state index contributed by atoms with van der Waals surface area (Å²) in [7, 11) is 0. The largest absolute Gasteiger partial charge is 0.481 e. The van der Waals surface area contributed by atoms with Crippen LogP contribution in [0.25, 0.3) is 0 Å². The maximum absolute atomic E-state index is 11.1. The van der Waals surface area contributed by atoms with Crippen molar-refractivity contribution in [2.75, 3.05) is 6.54 Å². The van der Waals surface area contributed by atoms with Gasteiger partial charge < -0.3 is 10.4 Å². The molecule has 2 aliphatic carbocycles. The summed E-state index contributed by atoms with van der Waals surface area (Å²) in [6.07, 6.45) is 5.13. The number of carboxylic acids is 1. The summed E-state index contributed by atoms with van der Waals surface area (Å²) in [5, 5.41) is 12.9. The summed E-state index contributed by atoms with van der Waals surface area (Å²) in [4.78, 5) is 11.1. The van der Waals surface area contributed by atoms with Gasteiger partial charge in [0.1, 0.15) is 0 Å². The number of hydrogen-bond acceptors (Lipinski definition) is 2. The molecule has 1 fully saturated rings. The van der Waals surface area contributed by atoms with Crippen molar-refractivity contribution in [3.05, 3.63) is 70.3 Å². The molecule has 156 valence electrons. The second-order valence-corrected chi connectivity index (χ2v) is 9.56. The van der Waals surface area contributed by atoms with Gasteiger partial charge in [-0.05, 0) is 91.4 Å². The van der Waals surface area contributed by atoms with E-state index in [4.69, 9.17) is 5.11 Å². The third kappa shape index (κ3) is 4.60. The average Bonchev–Trinajstić information content (AvgIpc) is 3.56. The fraction of sp³-hybridized carbons (Fsp3) is 0.444. The lowest BCUT2D eigenvalue weighted by Crippen LogP contribution is -2.33. The molecule has 2 atom stereocenters. The molecule has 2 aromatic carbocycles. The Balaban J connectivity index is 1.54. The summed E-state index contributed by atoms with van der Waals surface area (Å²) in [5.74, 6) is 6.12. The molecular weight excluding hydrogens is 370 g/mol. The highest BCUT2D eigenvalue weighted by Crippen LogP contribution is 2.42. The maximum Gasteiger partial charge on any atom is 0.310 e. The SMILES string of the molecule is CC(C(=O)O)c1ccc(C#Cc2ccc3c(c2)C(C)(C)CCC3NCC2CC2)cc1. The molecule has 0 bridgehead atoms. The normalized spacial score (nSPS) is 20.6. The van der Waals surface area contributed by atoms with Gasteiger partial charge in [0.15, 0.2) is 0 Å². The van der Waals surface area contributed by atoms with Crippen LogP contribution >= 0.6 is 0 Å². The highest BCUT2D eigenvalue weighted by Gasteiger charge is 2.33. The van der Waals surface area contributed by atoms with E-state index in [9.17, 15) is 4.79 Å². The first kappa shape index (κ1) is 20.7. The van der Waals surface area contributed by atoms with Crippen LogP contribution in [0.1, 0.15) is 86.2 Å². The monoisotopic (exact) mass is 401 g/mol. The number of aliphatic carboxylic acids is 1. The van der Waals surface area contributed by atoms with Crippen LogP contribution in [0.15, 0.2) is 42.5 Å². The first-order chi connectivity index (χ1) is 14.3. The van der Waals surface area contributed by atoms with Crippen molar-refractivity contribution in [1.82, 2.24) is 5.32 Å². The molecule has 0 heterocycles. The second-order valence-electron chi connectivity index (χ2n) is 9.56. The van der Waals surface area contributed by atoms with Gasteiger partial charge in [0.25, 0.3) is 0 Å². The third-order valence-electron chi connectivity index (χ3n) is 6.70. The zero-order chi connectivity index (χ0) is 21.3. The van der Waals surface area contributed by atoms with Crippen LogP contribution in [0.4, 0.5) is 0 Å². The van der Waals surface area contributed by atoms with Gasteiger partial charge in [-0.3, -0.25) is 4.79 Å². The molecule has 2 N–H and O–H groups in total. The van der Waals surface area contributed by atoms with Gasteiger partial charge in [0.05, 0.1) is 5.92 Å². The smallest absolute Gasteiger partial charge is 0.310 e. The van der Waals surface area contributed by atoms with Crippen LogP contribution < -0.4 is 5.32 Å². The lowest BCUT2D eigenvalue weighted by Gasteiger charge is -2.37. The lowest BCUT2D eigenvalue weighted by atomic mass is 9.70. The van der Waals surface area contributed by atoms with Crippen LogP contribution in [0.3, 0.4) is 0 Å². The molecule has 2 unspecified atom stereocenters. The zero-order valence-corrected chi connectivity index (χ0v) is 18.2. The van der Waals surface area contributed by atoms with Crippen molar-refractivity contribution in [2.45, 2.75) is 63.8 Å². The molecule has 0 amide bonds. The van der Waals surface area contributed by atoms with Crippen molar-refractivity contribution < 1.29 is 9.90 Å². The van der Waals surface area contributed by atoms with E-state index in [0.29, 0.717) is 6.04 Å². The fourth-order valence-electron chi connectivity index (χ4n) is 4.30. The van der Waals surface area contributed by atoms with Crippen LogP contribution in [-0.4, -0.2) is 17.6 Å². The van der Waals surface area contributed by atoms with E-state index >= 15 is 0 Å². The Morgan fingerprint density at radius 1 is 1.10 bits per heavy atom.